The van der Waals surface area contributed by atoms with Gasteiger partial charge in [-0.1, -0.05) is 48.7 Å². The molecule has 0 atom stereocenters. The SMILES string of the molecule is C=C1/C=C\C=C/C/C(n2cnnc2SC2(C(=O)O)CCC2)=C\C=C1C. The largest absolute Gasteiger partial charge is 0.480 e. The minimum Gasteiger partial charge on any atom is -0.480 e. The molecule has 0 radical (unpaired) electrons. The fourth-order valence-corrected chi connectivity index (χ4v) is 3.95. The van der Waals surface area contributed by atoms with Crippen molar-refractivity contribution in [1.82, 2.24) is 14.8 Å². The Morgan fingerprint density at radius 3 is 2.84 bits per heavy atom. The number of nitrogens with zero attached hydrogens (tertiary/aromatic N) is 3. The first-order valence-electron chi connectivity index (χ1n) is 8.25. The van der Waals surface area contributed by atoms with Crippen molar-refractivity contribution in [2.45, 2.75) is 42.5 Å². The molecule has 2 aliphatic carbocycles. The third-order valence-electron chi connectivity index (χ3n) is 4.57. The van der Waals surface area contributed by atoms with Gasteiger partial charge in [-0.05, 0) is 43.4 Å². The number of rotatable bonds is 4. The maximum absolute atomic E-state index is 11.6. The predicted octanol–water partition coefficient (Wildman–Crippen LogP) is 4.24. The number of hydrogen-bond acceptors (Lipinski definition) is 4. The second-order valence-corrected chi connectivity index (χ2v) is 7.61. The number of hydrogen-bond donors (Lipinski definition) is 1. The summed E-state index contributed by atoms with van der Waals surface area (Å²) in [4.78, 5) is 11.6. The number of aliphatic carboxylic acids is 1. The summed E-state index contributed by atoms with van der Waals surface area (Å²) < 4.78 is 1.12. The van der Waals surface area contributed by atoms with Gasteiger partial charge < -0.3 is 5.11 Å². The van der Waals surface area contributed by atoms with Crippen molar-refractivity contribution >= 4 is 23.4 Å². The minimum atomic E-state index is -0.768. The van der Waals surface area contributed by atoms with E-state index in [9.17, 15) is 9.90 Å². The molecular weight excluding hydrogens is 334 g/mol. The van der Waals surface area contributed by atoms with Crippen molar-refractivity contribution in [2.24, 2.45) is 0 Å². The highest BCUT2D eigenvalue weighted by atomic mass is 32.2. The third kappa shape index (κ3) is 3.69. The Morgan fingerprint density at radius 1 is 1.36 bits per heavy atom. The molecule has 1 heterocycles. The van der Waals surface area contributed by atoms with Crippen LogP contribution in [0.4, 0.5) is 0 Å². The molecule has 130 valence electrons. The van der Waals surface area contributed by atoms with Crippen LogP contribution < -0.4 is 0 Å². The van der Waals surface area contributed by atoms with Crippen LogP contribution in [0.5, 0.6) is 0 Å². The van der Waals surface area contributed by atoms with Gasteiger partial charge in [-0.3, -0.25) is 9.36 Å². The molecule has 1 N–H and O–H groups in total. The molecule has 0 unspecified atom stereocenters. The van der Waals surface area contributed by atoms with Crippen molar-refractivity contribution in [2.75, 3.05) is 0 Å². The van der Waals surface area contributed by atoms with Gasteiger partial charge in [-0.25, -0.2) is 0 Å². The first kappa shape index (κ1) is 17.5. The van der Waals surface area contributed by atoms with Crippen molar-refractivity contribution in [3.8, 4) is 0 Å². The van der Waals surface area contributed by atoms with Gasteiger partial charge in [-0.15, -0.1) is 10.2 Å². The summed E-state index contributed by atoms with van der Waals surface area (Å²) in [6, 6.07) is 0. The lowest BCUT2D eigenvalue weighted by molar-refractivity contribution is -0.142. The Morgan fingerprint density at radius 2 is 2.16 bits per heavy atom. The van der Waals surface area contributed by atoms with Crippen LogP contribution in [0.3, 0.4) is 0 Å². The third-order valence-corrected chi connectivity index (χ3v) is 6.00. The number of carboxylic acid groups (broad SMARTS) is 1. The highest BCUT2D eigenvalue weighted by molar-refractivity contribution is 8.01. The van der Waals surface area contributed by atoms with Crippen LogP contribution >= 0.6 is 11.8 Å². The molecule has 1 aromatic heterocycles. The molecule has 1 fully saturated rings. The van der Waals surface area contributed by atoms with Gasteiger partial charge in [0.15, 0.2) is 5.16 Å². The summed E-state index contributed by atoms with van der Waals surface area (Å²) >= 11 is 1.31. The number of aromatic nitrogens is 3. The standard InChI is InChI=1S/C19H21N3O2S/c1-14-7-4-3-5-8-16(10-9-15(14)2)22-13-20-21-18(22)25-19(17(23)24)11-6-12-19/h3-5,7,9-10,13H,1,6,8,11-12H2,2H3,(H,23,24)/b5-3-,7-4-,15-9?,16-10+. The number of allylic oxidation sites excluding steroid dienone is 9. The highest BCUT2D eigenvalue weighted by Gasteiger charge is 2.46. The van der Waals surface area contributed by atoms with Crippen LogP contribution in [0.25, 0.3) is 5.70 Å². The van der Waals surface area contributed by atoms with Gasteiger partial charge in [0.25, 0.3) is 0 Å². The zero-order valence-corrected chi connectivity index (χ0v) is 15.0. The van der Waals surface area contributed by atoms with E-state index in [1.54, 1.807) is 6.33 Å². The van der Waals surface area contributed by atoms with E-state index in [0.29, 0.717) is 24.4 Å². The quantitative estimate of drug-likeness (QED) is 0.875. The maximum Gasteiger partial charge on any atom is 0.320 e. The van der Waals surface area contributed by atoms with Gasteiger partial charge in [0, 0.05) is 12.1 Å². The van der Waals surface area contributed by atoms with Crippen LogP contribution in [-0.2, 0) is 4.79 Å². The van der Waals surface area contributed by atoms with E-state index in [1.165, 1.54) is 11.8 Å². The van der Waals surface area contributed by atoms with E-state index in [2.05, 4.69) is 22.9 Å². The number of thioether (sulfide) groups is 1. The fraction of sp³-hybridized carbons (Fsp3) is 0.316. The Balaban J connectivity index is 1.92. The summed E-state index contributed by atoms with van der Waals surface area (Å²) in [5.74, 6) is -0.768. The summed E-state index contributed by atoms with van der Waals surface area (Å²) in [6.45, 7) is 6.06. The fourth-order valence-electron chi connectivity index (χ4n) is 2.67. The van der Waals surface area contributed by atoms with Crippen LogP contribution in [0.2, 0.25) is 0 Å². The second kappa shape index (κ2) is 7.27. The summed E-state index contributed by atoms with van der Waals surface area (Å²) in [6.07, 6.45) is 16.7. The molecule has 2 aliphatic rings. The topological polar surface area (TPSA) is 68.0 Å². The summed E-state index contributed by atoms with van der Waals surface area (Å²) in [7, 11) is 0. The Kier molecular flexibility index (Phi) is 5.08. The molecule has 0 aliphatic heterocycles. The highest BCUT2D eigenvalue weighted by Crippen LogP contribution is 2.47. The molecule has 0 bridgehead atoms. The van der Waals surface area contributed by atoms with Gasteiger partial charge in [0.2, 0.25) is 0 Å². The number of carbonyl (C=O) groups is 1. The predicted molar refractivity (Wildman–Crippen MR) is 100 cm³/mol. The van der Waals surface area contributed by atoms with Gasteiger partial charge in [0.05, 0.1) is 0 Å². The zero-order chi connectivity index (χ0) is 17.9. The van der Waals surface area contributed by atoms with E-state index >= 15 is 0 Å². The second-order valence-electron chi connectivity index (χ2n) is 6.26. The lowest BCUT2D eigenvalue weighted by atomic mass is 9.84. The van der Waals surface area contributed by atoms with Crippen LogP contribution in [0, 0.1) is 0 Å². The molecule has 25 heavy (non-hydrogen) atoms. The normalized spacial score (nSPS) is 24.4. The van der Waals surface area contributed by atoms with Gasteiger partial charge in [0.1, 0.15) is 11.1 Å². The molecule has 3 rings (SSSR count). The summed E-state index contributed by atoms with van der Waals surface area (Å²) in [5, 5.41) is 18.4. The molecule has 0 aromatic carbocycles. The Labute approximate surface area is 151 Å². The van der Waals surface area contributed by atoms with Crippen molar-refractivity contribution in [1.29, 1.82) is 0 Å². The monoisotopic (exact) mass is 355 g/mol. The van der Waals surface area contributed by atoms with Crippen molar-refractivity contribution in [3.63, 3.8) is 0 Å². The molecule has 0 spiro atoms. The molecule has 6 heteroatoms. The Hall–Kier alpha value is -2.34. The van der Waals surface area contributed by atoms with E-state index in [-0.39, 0.29) is 0 Å². The van der Waals surface area contributed by atoms with E-state index in [0.717, 1.165) is 23.3 Å². The first-order chi connectivity index (χ1) is 12.0. The van der Waals surface area contributed by atoms with Crippen molar-refractivity contribution in [3.05, 3.63) is 60.5 Å². The number of carboxylic acids is 1. The van der Waals surface area contributed by atoms with Gasteiger partial charge >= 0.3 is 5.97 Å². The molecule has 0 saturated heterocycles. The summed E-state index contributed by atoms with van der Waals surface area (Å²) in [5.41, 5.74) is 3.03. The minimum absolute atomic E-state index is 0.624. The smallest absolute Gasteiger partial charge is 0.320 e. The maximum atomic E-state index is 11.6. The van der Waals surface area contributed by atoms with E-state index in [1.807, 2.05) is 41.9 Å². The van der Waals surface area contributed by atoms with Gasteiger partial charge in [-0.2, -0.15) is 0 Å². The van der Waals surface area contributed by atoms with E-state index in [4.69, 9.17) is 0 Å². The molecule has 1 saturated carbocycles. The first-order valence-corrected chi connectivity index (χ1v) is 9.06. The molecule has 5 nitrogen and oxygen atoms in total. The van der Waals surface area contributed by atoms with Crippen LogP contribution in [0.1, 0.15) is 32.6 Å². The van der Waals surface area contributed by atoms with Crippen LogP contribution in [-0.4, -0.2) is 30.6 Å². The Bertz CT molecular complexity index is 810. The lowest BCUT2D eigenvalue weighted by Gasteiger charge is -2.36. The van der Waals surface area contributed by atoms with E-state index < -0.39 is 10.7 Å². The molecule has 1 aromatic rings. The van der Waals surface area contributed by atoms with Crippen molar-refractivity contribution < 1.29 is 9.90 Å². The lowest BCUT2D eigenvalue weighted by Crippen LogP contribution is -2.42. The zero-order valence-electron chi connectivity index (χ0n) is 14.2. The molecular formula is C19H21N3O2S. The average molecular weight is 355 g/mol. The molecule has 0 amide bonds. The average Bonchev–Trinajstić information content (AvgIpc) is 3.00. The van der Waals surface area contributed by atoms with Crippen LogP contribution in [0.15, 0.2) is 65.7 Å².